The number of hydrogen-bond acceptors (Lipinski definition) is 2. The van der Waals surface area contributed by atoms with Crippen LogP contribution in [0.15, 0.2) is 0 Å². The van der Waals surface area contributed by atoms with Crippen molar-refractivity contribution < 1.29 is 53.4 Å². The molecule has 0 bridgehead atoms. The maximum absolute atomic E-state index is 13.3. The maximum Gasteiger partial charge on any atom is 0.428 e. The van der Waals surface area contributed by atoms with E-state index in [1.807, 2.05) is 0 Å². The molecule has 144 valence electrons. The molecule has 0 aliphatic heterocycles. The Balaban J connectivity index is 5.57. The molecule has 0 aromatic carbocycles. The van der Waals surface area contributed by atoms with Gasteiger partial charge in [0.2, 0.25) is 0 Å². The van der Waals surface area contributed by atoms with Crippen LogP contribution in [0, 0.1) is 5.92 Å². The van der Waals surface area contributed by atoms with Crippen LogP contribution >= 0.6 is 0 Å². The summed E-state index contributed by atoms with van der Waals surface area (Å²) in [6, 6.07) is 0. The van der Waals surface area contributed by atoms with Gasteiger partial charge in [0.1, 0.15) is 0 Å². The summed E-state index contributed by atoms with van der Waals surface area (Å²) in [5.41, 5.74) is -5.95. The number of alkyl halides is 10. The van der Waals surface area contributed by atoms with E-state index in [9.17, 15) is 48.7 Å². The highest BCUT2D eigenvalue weighted by molar-refractivity contribution is 5.71. The number of hydrogen-bond donors (Lipinski definition) is 0. The van der Waals surface area contributed by atoms with Crippen LogP contribution in [0.2, 0.25) is 0 Å². The summed E-state index contributed by atoms with van der Waals surface area (Å²) in [7, 11) is 0. The Labute approximate surface area is 130 Å². The third-order valence-electron chi connectivity index (χ3n) is 3.39. The molecular weight excluding hydrogens is 366 g/mol. The number of carbonyl (C=O) groups is 1. The van der Waals surface area contributed by atoms with Gasteiger partial charge in [0.15, 0.2) is 6.61 Å². The molecule has 0 aromatic heterocycles. The zero-order valence-corrected chi connectivity index (χ0v) is 12.6. The molecule has 0 amide bonds. The first-order chi connectivity index (χ1) is 10.4. The highest BCUT2D eigenvalue weighted by Crippen LogP contribution is 2.56. The van der Waals surface area contributed by atoms with E-state index in [4.69, 9.17) is 0 Å². The average molecular weight is 380 g/mol. The Kier molecular flexibility index (Phi) is 6.25. The molecule has 2 nitrogen and oxygen atoms in total. The Hall–Kier alpha value is -1.23. The lowest BCUT2D eigenvalue weighted by molar-refractivity contribution is -0.388. The topological polar surface area (TPSA) is 26.3 Å². The van der Waals surface area contributed by atoms with E-state index in [1.54, 1.807) is 0 Å². The van der Waals surface area contributed by atoms with Gasteiger partial charge in [0.25, 0.3) is 5.67 Å². The zero-order chi connectivity index (χ0) is 19.8. The molecular formula is C12H14F10O2. The van der Waals surface area contributed by atoms with Crippen molar-refractivity contribution in [2.75, 3.05) is 6.61 Å². The van der Waals surface area contributed by atoms with Gasteiger partial charge >= 0.3 is 29.9 Å². The molecule has 12 heteroatoms. The quantitative estimate of drug-likeness (QED) is 0.470. The minimum Gasteiger partial charge on any atom is -0.459 e. The molecule has 24 heavy (non-hydrogen) atoms. The van der Waals surface area contributed by atoms with Gasteiger partial charge in [-0.1, -0.05) is 13.8 Å². The molecule has 0 aromatic rings. The number of esters is 1. The number of ether oxygens (including phenoxy) is 1. The third kappa shape index (κ3) is 3.71. The Morgan fingerprint density at radius 3 is 1.67 bits per heavy atom. The SMILES string of the molecule is CCC(C)C(=O)OCC(F)(F)C(F)(F)C(F)(F)C(C)(F)C(F)(F)F. The first-order valence-electron chi connectivity index (χ1n) is 6.42. The molecule has 0 N–H and O–H groups in total. The van der Waals surface area contributed by atoms with Crippen molar-refractivity contribution in [3.8, 4) is 0 Å². The molecule has 0 heterocycles. The van der Waals surface area contributed by atoms with Gasteiger partial charge in [0, 0.05) is 0 Å². The van der Waals surface area contributed by atoms with Crippen LogP contribution in [0.1, 0.15) is 27.2 Å². The van der Waals surface area contributed by atoms with Crippen molar-refractivity contribution in [2.24, 2.45) is 5.92 Å². The third-order valence-corrected chi connectivity index (χ3v) is 3.39. The van der Waals surface area contributed by atoms with Crippen molar-refractivity contribution in [2.45, 2.75) is 56.8 Å². The number of rotatable bonds is 7. The largest absolute Gasteiger partial charge is 0.459 e. The second kappa shape index (κ2) is 6.58. The summed E-state index contributed by atoms with van der Waals surface area (Å²) >= 11 is 0. The number of carbonyl (C=O) groups excluding carboxylic acids is 1. The summed E-state index contributed by atoms with van der Waals surface area (Å²) in [6.45, 7) is -1.07. The Morgan fingerprint density at radius 2 is 1.33 bits per heavy atom. The normalized spacial score (nSPS) is 18.0. The standard InChI is InChI=1S/C12H14F10O2/c1-4-6(2)7(23)24-5-9(14,15)11(18,19)10(16,17)8(3,13)12(20,21)22/h6H,4-5H2,1-3H3. The Morgan fingerprint density at radius 1 is 0.917 bits per heavy atom. The van der Waals surface area contributed by atoms with Gasteiger partial charge in [-0.2, -0.15) is 39.5 Å². The summed E-state index contributed by atoms with van der Waals surface area (Å²) in [5, 5.41) is 0. The van der Waals surface area contributed by atoms with Gasteiger partial charge in [-0.15, -0.1) is 0 Å². The first kappa shape index (κ1) is 22.8. The monoisotopic (exact) mass is 380 g/mol. The van der Waals surface area contributed by atoms with Crippen molar-refractivity contribution in [1.29, 1.82) is 0 Å². The van der Waals surface area contributed by atoms with Gasteiger partial charge in [-0.05, 0) is 13.3 Å². The minimum absolute atomic E-state index is 0.0353. The molecule has 0 rings (SSSR count). The fraction of sp³-hybridized carbons (Fsp3) is 0.917. The van der Waals surface area contributed by atoms with Gasteiger partial charge in [-0.25, -0.2) is 4.39 Å². The van der Waals surface area contributed by atoms with Crippen molar-refractivity contribution in [3.63, 3.8) is 0 Å². The molecule has 0 radical (unpaired) electrons. The van der Waals surface area contributed by atoms with Crippen LogP contribution in [-0.2, 0) is 9.53 Å². The smallest absolute Gasteiger partial charge is 0.428 e. The highest BCUT2D eigenvalue weighted by Gasteiger charge is 2.84. The molecule has 2 atom stereocenters. The summed E-state index contributed by atoms with van der Waals surface area (Å²) in [4.78, 5) is 11.1. The van der Waals surface area contributed by atoms with Crippen LogP contribution in [0.5, 0.6) is 0 Å². The first-order valence-corrected chi connectivity index (χ1v) is 6.42. The lowest BCUT2D eigenvalue weighted by atomic mass is 9.90. The molecule has 0 spiro atoms. The van der Waals surface area contributed by atoms with Gasteiger partial charge in [-0.3, -0.25) is 4.79 Å². The predicted molar refractivity (Wildman–Crippen MR) is 60.8 cm³/mol. The van der Waals surface area contributed by atoms with Gasteiger partial charge < -0.3 is 4.74 Å². The van der Waals surface area contributed by atoms with E-state index in [0.29, 0.717) is 0 Å². The molecule has 0 fully saturated rings. The van der Waals surface area contributed by atoms with E-state index < -0.39 is 55.0 Å². The van der Waals surface area contributed by atoms with Crippen LogP contribution in [0.4, 0.5) is 43.9 Å². The second-order valence-corrected chi connectivity index (χ2v) is 5.27. The van der Waals surface area contributed by atoms with E-state index in [1.165, 1.54) is 6.92 Å². The van der Waals surface area contributed by atoms with E-state index in [2.05, 4.69) is 4.74 Å². The predicted octanol–water partition coefficient (Wildman–Crippen LogP) is 4.77. The lowest BCUT2D eigenvalue weighted by Gasteiger charge is -2.39. The van der Waals surface area contributed by atoms with Crippen molar-refractivity contribution in [1.82, 2.24) is 0 Å². The molecule has 0 saturated heterocycles. The van der Waals surface area contributed by atoms with Crippen LogP contribution in [0.3, 0.4) is 0 Å². The van der Waals surface area contributed by atoms with Crippen molar-refractivity contribution >= 4 is 5.97 Å². The second-order valence-electron chi connectivity index (χ2n) is 5.27. The fourth-order valence-corrected chi connectivity index (χ4v) is 1.26. The summed E-state index contributed by atoms with van der Waals surface area (Å²) in [6.07, 6.45) is -6.52. The minimum atomic E-state index is -6.83. The number of halogens is 10. The molecule has 0 aliphatic carbocycles. The Bertz CT molecular complexity index is 455. The molecule has 0 saturated carbocycles. The maximum atomic E-state index is 13.3. The summed E-state index contributed by atoms with van der Waals surface area (Å²) < 4.78 is 133. The van der Waals surface area contributed by atoms with Crippen LogP contribution < -0.4 is 0 Å². The zero-order valence-electron chi connectivity index (χ0n) is 12.6. The van der Waals surface area contributed by atoms with Gasteiger partial charge in [0.05, 0.1) is 5.92 Å². The van der Waals surface area contributed by atoms with Crippen molar-refractivity contribution in [3.05, 3.63) is 0 Å². The summed E-state index contributed by atoms with van der Waals surface area (Å²) in [5.74, 6) is -22.1. The lowest BCUT2D eigenvalue weighted by Crippen LogP contribution is -2.67. The van der Waals surface area contributed by atoms with E-state index in [-0.39, 0.29) is 6.42 Å². The molecule has 0 aliphatic rings. The van der Waals surface area contributed by atoms with Crippen LogP contribution in [0.25, 0.3) is 0 Å². The highest BCUT2D eigenvalue weighted by atomic mass is 19.4. The van der Waals surface area contributed by atoms with E-state index in [0.717, 1.165) is 6.92 Å². The average Bonchev–Trinajstić information content (AvgIpc) is 2.41. The molecule has 2 unspecified atom stereocenters. The fourth-order valence-electron chi connectivity index (χ4n) is 1.26. The van der Waals surface area contributed by atoms with E-state index >= 15 is 0 Å². The van der Waals surface area contributed by atoms with Crippen LogP contribution in [-0.4, -0.2) is 42.2 Å².